The van der Waals surface area contributed by atoms with Crippen LogP contribution in [0.2, 0.25) is 0 Å². The van der Waals surface area contributed by atoms with Crippen LogP contribution in [0, 0.1) is 25.2 Å². The van der Waals surface area contributed by atoms with E-state index in [2.05, 4.69) is 9.97 Å². The van der Waals surface area contributed by atoms with Gasteiger partial charge in [0.1, 0.15) is 11.8 Å². The van der Waals surface area contributed by atoms with Gasteiger partial charge >= 0.3 is 0 Å². The number of hydrogen-bond acceptors (Lipinski definition) is 4. The maximum Gasteiger partial charge on any atom is 0.170 e. The normalized spacial score (nSPS) is 9.93. The van der Waals surface area contributed by atoms with E-state index in [0.29, 0.717) is 11.5 Å². The molecule has 4 heteroatoms. The number of nitrogens with zero attached hydrogens (tertiary/aromatic N) is 3. The summed E-state index contributed by atoms with van der Waals surface area (Å²) in [4.78, 5) is 10.7. The lowest BCUT2D eigenvalue weighted by atomic mass is 10.3. The van der Waals surface area contributed by atoms with Crippen LogP contribution in [0.1, 0.15) is 16.3 Å². The summed E-state index contributed by atoms with van der Waals surface area (Å²) in [6, 6.07) is 7.73. The predicted molar refractivity (Wildman–Crippen MR) is 59.5 cm³/mol. The van der Waals surface area contributed by atoms with Crippen LogP contribution in [0.25, 0.3) is 10.7 Å². The van der Waals surface area contributed by atoms with Crippen LogP contribution in [0.3, 0.4) is 0 Å². The molecule has 0 aliphatic carbocycles. The molecule has 0 radical (unpaired) electrons. The third kappa shape index (κ3) is 2.03. The van der Waals surface area contributed by atoms with E-state index in [-0.39, 0.29) is 0 Å². The Labute approximate surface area is 92.1 Å². The molecule has 0 aliphatic rings. The van der Waals surface area contributed by atoms with Crippen LogP contribution >= 0.6 is 11.3 Å². The highest BCUT2D eigenvalue weighted by Gasteiger charge is 2.06. The lowest BCUT2D eigenvalue weighted by Crippen LogP contribution is -1.93. The van der Waals surface area contributed by atoms with Crippen molar-refractivity contribution < 1.29 is 0 Å². The van der Waals surface area contributed by atoms with E-state index in [0.717, 1.165) is 10.6 Å². The molecule has 0 aromatic carbocycles. The summed E-state index contributed by atoms with van der Waals surface area (Å²) >= 11 is 1.63. The second-order valence-electron chi connectivity index (χ2n) is 3.24. The third-order valence-corrected chi connectivity index (χ3v) is 2.93. The minimum atomic E-state index is 0.420. The van der Waals surface area contributed by atoms with E-state index in [1.54, 1.807) is 17.4 Å². The van der Waals surface area contributed by atoms with E-state index in [4.69, 9.17) is 5.26 Å². The number of aryl methyl sites for hydroxylation is 2. The molecule has 15 heavy (non-hydrogen) atoms. The fraction of sp³-hybridized carbons (Fsp3) is 0.182. The first-order valence-corrected chi connectivity index (χ1v) is 5.33. The summed E-state index contributed by atoms with van der Waals surface area (Å²) in [5.41, 5.74) is 1.24. The first-order valence-electron chi connectivity index (χ1n) is 4.51. The second kappa shape index (κ2) is 3.79. The monoisotopic (exact) mass is 215 g/mol. The SMILES string of the molecule is Cc1cc(C#N)nc(-c2ccc(C)s2)n1. The Balaban J connectivity index is 2.54. The summed E-state index contributed by atoms with van der Waals surface area (Å²) < 4.78 is 0. The highest BCUT2D eigenvalue weighted by molar-refractivity contribution is 7.15. The van der Waals surface area contributed by atoms with E-state index < -0.39 is 0 Å². The third-order valence-electron chi connectivity index (χ3n) is 1.93. The highest BCUT2D eigenvalue weighted by Crippen LogP contribution is 2.24. The van der Waals surface area contributed by atoms with Gasteiger partial charge in [0.25, 0.3) is 0 Å². The molecule has 0 bridgehead atoms. The molecule has 0 aliphatic heterocycles. The van der Waals surface area contributed by atoms with Crippen molar-refractivity contribution in [1.82, 2.24) is 9.97 Å². The Kier molecular flexibility index (Phi) is 2.48. The number of thiophene rings is 1. The van der Waals surface area contributed by atoms with Gasteiger partial charge in [-0.2, -0.15) is 5.26 Å². The summed E-state index contributed by atoms with van der Waals surface area (Å²) in [6.45, 7) is 3.90. The summed E-state index contributed by atoms with van der Waals surface area (Å²) in [5.74, 6) is 0.643. The molecule has 74 valence electrons. The summed E-state index contributed by atoms with van der Waals surface area (Å²) in [6.07, 6.45) is 0. The first kappa shape index (κ1) is 9.81. The van der Waals surface area contributed by atoms with Gasteiger partial charge in [-0.1, -0.05) is 0 Å². The molecular weight excluding hydrogens is 206 g/mol. The standard InChI is InChI=1S/C11H9N3S/c1-7-5-9(6-12)14-11(13-7)10-4-3-8(2)15-10/h3-5H,1-2H3. The topological polar surface area (TPSA) is 49.6 Å². The lowest BCUT2D eigenvalue weighted by molar-refractivity contribution is 1.10. The minimum Gasteiger partial charge on any atom is -0.233 e. The van der Waals surface area contributed by atoms with Crippen LogP contribution in [-0.4, -0.2) is 9.97 Å². The maximum absolute atomic E-state index is 8.80. The van der Waals surface area contributed by atoms with Gasteiger partial charge in [0.15, 0.2) is 5.82 Å². The van der Waals surface area contributed by atoms with Crippen LogP contribution in [0.15, 0.2) is 18.2 Å². The van der Waals surface area contributed by atoms with E-state index in [1.807, 2.05) is 32.0 Å². The van der Waals surface area contributed by atoms with E-state index in [9.17, 15) is 0 Å². The molecule has 0 atom stereocenters. The number of aromatic nitrogens is 2. The molecule has 0 N–H and O–H groups in total. The molecule has 2 aromatic heterocycles. The van der Waals surface area contributed by atoms with Crippen molar-refractivity contribution in [3.63, 3.8) is 0 Å². The Bertz CT molecular complexity index is 537. The fourth-order valence-corrected chi connectivity index (χ4v) is 2.09. The van der Waals surface area contributed by atoms with Crippen molar-refractivity contribution in [2.45, 2.75) is 13.8 Å². The number of hydrogen-bond donors (Lipinski definition) is 0. The zero-order valence-electron chi connectivity index (χ0n) is 8.48. The highest BCUT2D eigenvalue weighted by atomic mass is 32.1. The van der Waals surface area contributed by atoms with Gasteiger partial charge in [-0.3, -0.25) is 0 Å². The quantitative estimate of drug-likeness (QED) is 0.734. The van der Waals surface area contributed by atoms with Crippen molar-refractivity contribution >= 4 is 11.3 Å². The Morgan fingerprint density at radius 2 is 2.07 bits per heavy atom. The average Bonchev–Trinajstić information content (AvgIpc) is 2.64. The van der Waals surface area contributed by atoms with Crippen molar-refractivity contribution in [3.8, 4) is 16.8 Å². The lowest BCUT2D eigenvalue weighted by Gasteiger charge is -1.98. The zero-order valence-corrected chi connectivity index (χ0v) is 9.30. The van der Waals surface area contributed by atoms with Crippen molar-refractivity contribution in [1.29, 1.82) is 5.26 Å². The molecule has 0 fully saturated rings. The van der Waals surface area contributed by atoms with Crippen LogP contribution in [0.4, 0.5) is 0 Å². The van der Waals surface area contributed by atoms with Gasteiger partial charge in [0.05, 0.1) is 4.88 Å². The molecule has 0 saturated heterocycles. The van der Waals surface area contributed by atoms with Crippen molar-refractivity contribution in [2.24, 2.45) is 0 Å². The van der Waals surface area contributed by atoms with Crippen molar-refractivity contribution in [3.05, 3.63) is 34.5 Å². The molecule has 0 amide bonds. The fourth-order valence-electron chi connectivity index (χ4n) is 1.29. The Morgan fingerprint density at radius 3 is 2.67 bits per heavy atom. The van der Waals surface area contributed by atoms with E-state index in [1.165, 1.54) is 4.88 Å². The minimum absolute atomic E-state index is 0.420. The summed E-state index contributed by atoms with van der Waals surface area (Å²) in [5, 5.41) is 8.80. The van der Waals surface area contributed by atoms with Crippen LogP contribution < -0.4 is 0 Å². The Hall–Kier alpha value is -1.73. The van der Waals surface area contributed by atoms with Crippen LogP contribution in [-0.2, 0) is 0 Å². The first-order chi connectivity index (χ1) is 7.19. The van der Waals surface area contributed by atoms with Gasteiger partial charge in [-0.05, 0) is 32.0 Å². The average molecular weight is 215 g/mol. The number of nitriles is 1. The molecular formula is C11H9N3S. The van der Waals surface area contributed by atoms with Crippen LogP contribution in [0.5, 0.6) is 0 Å². The molecule has 2 aromatic rings. The van der Waals surface area contributed by atoms with Crippen molar-refractivity contribution in [2.75, 3.05) is 0 Å². The molecule has 2 rings (SSSR count). The van der Waals surface area contributed by atoms with Gasteiger partial charge in [0, 0.05) is 10.6 Å². The largest absolute Gasteiger partial charge is 0.233 e. The zero-order chi connectivity index (χ0) is 10.8. The van der Waals surface area contributed by atoms with E-state index >= 15 is 0 Å². The second-order valence-corrected chi connectivity index (χ2v) is 4.53. The van der Waals surface area contributed by atoms with Gasteiger partial charge < -0.3 is 0 Å². The molecule has 0 spiro atoms. The predicted octanol–water partition coefficient (Wildman–Crippen LogP) is 2.69. The Morgan fingerprint density at radius 1 is 1.27 bits per heavy atom. The smallest absolute Gasteiger partial charge is 0.170 e. The van der Waals surface area contributed by atoms with Gasteiger partial charge in [-0.25, -0.2) is 9.97 Å². The molecule has 3 nitrogen and oxygen atoms in total. The molecule has 0 saturated carbocycles. The molecule has 2 heterocycles. The van der Waals surface area contributed by atoms with Gasteiger partial charge in [0.2, 0.25) is 0 Å². The summed E-state index contributed by atoms with van der Waals surface area (Å²) in [7, 11) is 0. The molecule has 0 unspecified atom stereocenters. The van der Waals surface area contributed by atoms with Gasteiger partial charge in [-0.15, -0.1) is 11.3 Å². The number of rotatable bonds is 1. The maximum atomic E-state index is 8.80.